The highest BCUT2D eigenvalue weighted by Gasteiger charge is 2.29. The molecule has 21 heavy (non-hydrogen) atoms. The van der Waals surface area contributed by atoms with Crippen LogP contribution in [0.3, 0.4) is 0 Å². The second-order valence-corrected chi connectivity index (χ2v) is 7.67. The van der Waals surface area contributed by atoms with Gasteiger partial charge in [-0.15, -0.1) is 0 Å². The van der Waals surface area contributed by atoms with Crippen LogP contribution in [0.5, 0.6) is 0 Å². The van der Waals surface area contributed by atoms with Crippen molar-refractivity contribution < 1.29 is 0 Å². The molecular formula is C17H23N3S. The van der Waals surface area contributed by atoms with Gasteiger partial charge in [-0.25, -0.2) is 4.98 Å². The number of hydrogen-bond acceptors (Lipinski definition) is 4. The van der Waals surface area contributed by atoms with Crippen LogP contribution in [0.15, 0.2) is 24.3 Å². The van der Waals surface area contributed by atoms with Crippen LogP contribution >= 0.6 is 11.3 Å². The van der Waals surface area contributed by atoms with Gasteiger partial charge in [0.1, 0.15) is 0 Å². The maximum Gasteiger partial charge on any atom is 0.186 e. The van der Waals surface area contributed by atoms with E-state index in [4.69, 9.17) is 4.98 Å². The van der Waals surface area contributed by atoms with Gasteiger partial charge in [0.05, 0.1) is 10.2 Å². The zero-order valence-electron chi connectivity index (χ0n) is 12.6. The number of aromatic nitrogens is 1. The van der Waals surface area contributed by atoms with Crippen molar-refractivity contribution in [2.24, 2.45) is 5.92 Å². The number of rotatable bonds is 3. The van der Waals surface area contributed by atoms with Gasteiger partial charge in [-0.1, -0.05) is 30.4 Å². The molecule has 0 spiro atoms. The summed E-state index contributed by atoms with van der Waals surface area (Å²) < 4.78 is 1.30. The summed E-state index contributed by atoms with van der Waals surface area (Å²) in [5.41, 5.74) is 1.14. The van der Waals surface area contributed by atoms with Gasteiger partial charge in [-0.3, -0.25) is 0 Å². The molecule has 4 heteroatoms. The molecule has 0 atom stereocenters. The Bertz CT molecular complexity index is 576. The fourth-order valence-corrected chi connectivity index (χ4v) is 4.62. The van der Waals surface area contributed by atoms with Crippen molar-refractivity contribution in [2.45, 2.75) is 44.7 Å². The number of piperidine rings is 1. The van der Waals surface area contributed by atoms with Crippen LogP contribution in [0.25, 0.3) is 10.2 Å². The van der Waals surface area contributed by atoms with Crippen molar-refractivity contribution in [3.05, 3.63) is 24.3 Å². The van der Waals surface area contributed by atoms with E-state index in [2.05, 4.69) is 41.4 Å². The van der Waals surface area contributed by atoms with Crippen molar-refractivity contribution in [3.63, 3.8) is 0 Å². The third kappa shape index (κ3) is 2.79. The van der Waals surface area contributed by atoms with E-state index in [9.17, 15) is 0 Å². The number of nitrogens with zero attached hydrogens (tertiary/aromatic N) is 2. The molecule has 1 N–H and O–H groups in total. The molecule has 2 heterocycles. The molecule has 0 amide bonds. The normalized spacial score (nSPS) is 27.0. The van der Waals surface area contributed by atoms with Crippen LogP contribution in [0.1, 0.15) is 32.6 Å². The standard InChI is InChI=1S/C17H23N3S/c1-12-10-14(11-12)18-13-6-8-20(9-7-13)17-19-15-4-2-3-5-16(15)21-17/h2-5,12-14,18H,6-11H2,1H3. The van der Waals surface area contributed by atoms with Crippen molar-refractivity contribution in [2.75, 3.05) is 18.0 Å². The van der Waals surface area contributed by atoms with Crippen molar-refractivity contribution in [1.29, 1.82) is 0 Å². The molecule has 112 valence electrons. The molecule has 2 aliphatic rings. The Morgan fingerprint density at radius 1 is 1.14 bits per heavy atom. The van der Waals surface area contributed by atoms with Gasteiger partial charge in [0.25, 0.3) is 0 Å². The Kier molecular flexibility index (Phi) is 3.59. The summed E-state index contributed by atoms with van der Waals surface area (Å²) in [4.78, 5) is 7.25. The second kappa shape index (κ2) is 5.58. The number of hydrogen-bond donors (Lipinski definition) is 1. The number of fused-ring (bicyclic) bond motifs is 1. The van der Waals surface area contributed by atoms with Crippen molar-refractivity contribution in [3.8, 4) is 0 Å². The minimum absolute atomic E-state index is 0.716. The number of anilines is 1. The van der Waals surface area contributed by atoms with Gasteiger partial charge in [0.2, 0.25) is 0 Å². The fraction of sp³-hybridized carbons (Fsp3) is 0.588. The monoisotopic (exact) mass is 301 g/mol. The molecule has 1 saturated heterocycles. The number of para-hydroxylation sites is 1. The quantitative estimate of drug-likeness (QED) is 0.938. The molecule has 0 bridgehead atoms. The molecule has 1 saturated carbocycles. The SMILES string of the molecule is CC1CC(NC2CCN(c3nc4ccccc4s3)CC2)C1. The van der Waals surface area contributed by atoms with Gasteiger partial charge in [-0.2, -0.15) is 0 Å². The van der Waals surface area contributed by atoms with Crippen LogP contribution < -0.4 is 10.2 Å². The van der Waals surface area contributed by atoms with Crippen molar-refractivity contribution >= 4 is 26.7 Å². The zero-order valence-corrected chi connectivity index (χ0v) is 13.4. The summed E-state index contributed by atoms with van der Waals surface area (Å²) in [5, 5.41) is 5.04. The molecule has 1 aromatic carbocycles. The molecule has 3 nitrogen and oxygen atoms in total. The average Bonchev–Trinajstić information content (AvgIpc) is 2.90. The summed E-state index contributed by atoms with van der Waals surface area (Å²) >= 11 is 1.83. The molecule has 4 rings (SSSR count). The van der Waals surface area contributed by atoms with E-state index in [1.54, 1.807) is 0 Å². The number of benzene rings is 1. The fourth-order valence-electron chi connectivity index (χ4n) is 3.60. The zero-order chi connectivity index (χ0) is 14.2. The van der Waals surface area contributed by atoms with E-state index in [1.165, 1.54) is 35.5 Å². The van der Waals surface area contributed by atoms with E-state index in [0.717, 1.165) is 30.6 Å². The predicted molar refractivity (Wildman–Crippen MR) is 90.2 cm³/mol. The summed E-state index contributed by atoms with van der Waals surface area (Å²) in [6.07, 6.45) is 5.25. The Morgan fingerprint density at radius 2 is 1.90 bits per heavy atom. The van der Waals surface area contributed by atoms with Gasteiger partial charge in [-0.05, 0) is 43.7 Å². The van der Waals surface area contributed by atoms with E-state index in [-0.39, 0.29) is 0 Å². The molecule has 0 radical (unpaired) electrons. The lowest BCUT2D eigenvalue weighted by molar-refractivity contribution is 0.211. The van der Waals surface area contributed by atoms with Crippen LogP contribution in [-0.4, -0.2) is 30.2 Å². The van der Waals surface area contributed by atoms with Crippen molar-refractivity contribution in [1.82, 2.24) is 10.3 Å². The maximum absolute atomic E-state index is 4.78. The Balaban J connectivity index is 1.36. The highest BCUT2D eigenvalue weighted by Crippen LogP contribution is 2.31. The largest absolute Gasteiger partial charge is 0.348 e. The average molecular weight is 301 g/mol. The summed E-state index contributed by atoms with van der Waals surface area (Å²) in [7, 11) is 0. The number of nitrogens with one attached hydrogen (secondary N) is 1. The lowest BCUT2D eigenvalue weighted by atomic mass is 9.81. The smallest absolute Gasteiger partial charge is 0.186 e. The third-order valence-corrected chi connectivity index (χ3v) is 5.99. The Hall–Kier alpha value is -1.13. The van der Waals surface area contributed by atoms with Crippen LogP contribution in [0.4, 0.5) is 5.13 Å². The summed E-state index contributed by atoms with van der Waals surface area (Å²) in [6.45, 7) is 4.63. The van der Waals surface area contributed by atoms with E-state index in [0.29, 0.717) is 6.04 Å². The van der Waals surface area contributed by atoms with E-state index in [1.807, 2.05) is 11.3 Å². The lowest BCUT2D eigenvalue weighted by Crippen LogP contribution is -2.50. The van der Waals surface area contributed by atoms with Gasteiger partial charge in [0, 0.05) is 25.2 Å². The first-order chi connectivity index (χ1) is 10.3. The number of thiazole rings is 1. The molecule has 0 unspecified atom stereocenters. The van der Waals surface area contributed by atoms with Gasteiger partial charge in [0.15, 0.2) is 5.13 Å². The van der Waals surface area contributed by atoms with Gasteiger partial charge >= 0.3 is 0 Å². The maximum atomic E-state index is 4.78. The van der Waals surface area contributed by atoms with Gasteiger partial charge < -0.3 is 10.2 Å². The molecular weight excluding hydrogens is 278 g/mol. The second-order valence-electron chi connectivity index (χ2n) is 6.67. The molecule has 1 aliphatic carbocycles. The minimum atomic E-state index is 0.716. The third-order valence-electron chi connectivity index (χ3n) is 4.89. The van der Waals surface area contributed by atoms with Crippen LogP contribution in [-0.2, 0) is 0 Å². The molecule has 2 fully saturated rings. The highest BCUT2D eigenvalue weighted by molar-refractivity contribution is 7.22. The summed E-state index contributed by atoms with van der Waals surface area (Å²) in [6, 6.07) is 9.96. The van der Waals surface area contributed by atoms with Crippen LogP contribution in [0.2, 0.25) is 0 Å². The minimum Gasteiger partial charge on any atom is -0.348 e. The first-order valence-electron chi connectivity index (χ1n) is 8.14. The Labute approximate surface area is 130 Å². The first kappa shape index (κ1) is 13.5. The summed E-state index contributed by atoms with van der Waals surface area (Å²) in [5.74, 6) is 0.935. The molecule has 1 aliphatic heterocycles. The van der Waals surface area contributed by atoms with Crippen LogP contribution in [0, 0.1) is 5.92 Å². The molecule has 1 aromatic heterocycles. The Morgan fingerprint density at radius 3 is 2.62 bits per heavy atom. The van der Waals surface area contributed by atoms with E-state index < -0.39 is 0 Å². The first-order valence-corrected chi connectivity index (χ1v) is 8.96. The highest BCUT2D eigenvalue weighted by atomic mass is 32.1. The molecule has 2 aromatic rings. The lowest BCUT2D eigenvalue weighted by Gasteiger charge is -2.39. The van der Waals surface area contributed by atoms with E-state index >= 15 is 0 Å². The predicted octanol–water partition coefficient (Wildman–Crippen LogP) is 3.65. The topological polar surface area (TPSA) is 28.2 Å².